The zero-order valence-electron chi connectivity index (χ0n) is 12.7. The fourth-order valence-corrected chi connectivity index (χ4v) is 4.02. The summed E-state index contributed by atoms with van der Waals surface area (Å²) in [6, 6.07) is 1.39. The predicted molar refractivity (Wildman–Crippen MR) is 78.9 cm³/mol. The molecule has 0 aromatic rings. The standard InChI is InChI=1S/C16H32N2/c1-14(17-3)13-15(2)18-11-9-16(10-12-18)7-5-4-6-8-16/h14-15,17H,4-13H2,1-3H3. The van der Waals surface area contributed by atoms with Gasteiger partial charge in [0.15, 0.2) is 0 Å². The number of nitrogens with one attached hydrogen (secondary N) is 1. The van der Waals surface area contributed by atoms with Gasteiger partial charge in [-0.3, -0.25) is 0 Å². The zero-order valence-corrected chi connectivity index (χ0v) is 12.7. The number of likely N-dealkylation sites (tertiary alicyclic amines) is 1. The third-order valence-electron chi connectivity index (χ3n) is 5.58. The molecule has 0 aromatic carbocycles. The van der Waals surface area contributed by atoms with Gasteiger partial charge in [-0.05, 0) is 71.5 Å². The molecule has 2 atom stereocenters. The zero-order chi connectivity index (χ0) is 13.0. The molecule has 18 heavy (non-hydrogen) atoms. The summed E-state index contributed by atoms with van der Waals surface area (Å²) in [5, 5.41) is 3.37. The highest BCUT2D eigenvalue weighted by Gasteiger charge is 2.36. The van der Waals surface area contributed by atoms with Crippen molar-refractivity contribution in [3.8, 4) is 0 Å². The first-order chi connectivity index (χ1) is 8.65. The molecule has 1 spiro atoms. The maximum Gasteiger partial charge on any atom is 0.00816 e. The molecule has 2 heteroatoms. The van der Waals surface area contributed by atoms with Gasteiger partial charge in [-0.15, -0.1) is 0 Å². The molecule has 1 N–H and O–H groups in total. The van der Waals surface area contributed by atoms with E-state index < -0.39 is 0 Å². The second-order valence-corrected chi connectivity index (χ2v) is 6.87. The van der Waals surface area contributed by atoms with Gasteiger partial charge >= 0.3 is 0 Å². The lowest BCUT2D eigenvalue weighted by Gasteiger charge is -2.46. The average molecular weight is 252 g/mol. The highest BCUT2D eigenvalue weighted by Crippen LogP contribution is 2.44. The van der Waals surface area contributed by atoms with Crippen molar-refractivity contribution >= 4 is 0 Å². The van der Waals surface area contributed by atoms with Crippen LogP contribution in [0.2, 0.25) is 0 Å². The minimum atomic E-state index is 0.644. The molecule has 2 unspecified atom stereocenters. The first-order valence-corrected chi connectivity index (χ1v) is 8.06. The third-order valence-corrected chi connectivity index (χ3v) is 5.58. The van der Waals surface area contributed by atoms with E-state index in [-0.39, 0.29) is 0 Å². The Kier molecular flexibility index (Phi) is 5.08. The second kappa shape index (κ2) is 6.38. The van der Waals surface area contributed by atoms with E-state index in [1.807, 2.05) is 0 Å². The molecule has 1 aliphatic carbocycles. The Hall–Kier alpha value is -0.0800. The van der Waals surface area contributed by atoms with Crippen LogP contribution in [0, 0.1) is 5.41 Å². The van der Waals surface area contributed by atoms with E-state index >= 15 is 0 Å². The molecule has 2 fully saturated rings. The highest BCUT2D eigenvalue weighted by atomic mass is 15.2. The molecule has 1 saturated heterocycles. The van der Waals surface area contributed by atoms with Gasteiger partial charge in [-0.25, -0.2) is 0 Å². The molecule has 2 nitrogen and oxygen atoms in total. The minimum Gasteiger partial charge on any atom is -0.317 e. The minimum absolute atomic E-state index is 0.644. The summed E-state index contributed by atoms with van der Waals surface area (Å²) in [6.45, 7) is 7.39. The molecular weight excluding hydrogens is 220 g/mol. The van der Waals surface area contributed by atoms with Crippen LogP contribution in [-0.2, 0) is 0 Å². The van der Waals surface area contributed by atoms with Gasteiger partial charge in [0, 0.05) is 12.1 Å². The smallest absolute Gasteiger partial charge is 0.00816 e. The van der Waals surface area contributed by atoms with Crippen LogP contribution in [0.15, 0.2) is 0 Å². The summed E-state index contributed by atoms with van der Waals surface area (Å²) in [6.07, 6.45) is 11.7. The second-order valence-electron chi connectivity index (χ2n) is 6.87. The Morgan fingerprint density at radius 3 is 2.17 bits per heavy atom. The number of hydrogen-bond acceptors (Lipinski definition) is 2. The lowest BCUT2D eigenvalue weighted by atomic mass is 9.68. The Bertz CT molecular complexity index is 235. The fourth-order valence-electron chi connectivity index (χ4n) is 4.02. The van der Waals surface area contributed by atoms with Gasteiger partial charge in [-0.1, -0.05) is 19.3 Å². The van der Waals surface area contributed by atoms with Crippen molar-refractivity contribution in [2.24, 2.45) is 5.41 Å². The van der Waals surface area contributed by atoms with Gasteiger partial charge in [0.05, 0.1) is 0 Å². The highest BCUT2D eigenvalue weighted by molar-refractivity contribution is 4.89. The molecular formula is C16H32N2. The lowest BCUT2D eigenvalue weighted by molar-refractivity contribution is 0.0453. The quantitative estimate of drug-likeness (QED) is 0.825. The van der Waals surface area contributed by atoms with E-state index in [9.17, 15) is 0 Å². The van der Waals surface area contributed by atoms with Gasteiger partial charge < -0.3 is 10.2 Å². The molecule has 1 aliphatic heterocycles. The van der Waals surface area contributed by atoms with Crippen LogP contribution >= 0.6 is 0 Å². The summed E-state index contributed by atoms with van der Waals surface area (Å²) in [7, 11) is 2.07. The first-order valence-electron chi connectivity index (χ1n) is 8.06. The summed E-state index contributed by atoms with van der Waals surface area (Å²) < 4.78 is 0. The van der Waals surface area contributed by atoms with Gasteiger partial charge in [-0.2, -0.15) is 0 Å². The van der Waals surface area contributed by atoms with Crippen molar-refractivity contribution in [2.45, 2.75) is 77.3 Å². The summed E-state index contributed by atoms with van der Waals surface area (Å²) in [4.78, 5) is 2.73. The van der Waals surface area contributed by atoms with E-state index in [0.717, 1.165) is 11.5 Å². The summed E-state index contributed by atoms with van der Waals surface area (Å²) >= 11 is 0. The van der Waals surface area contributed by atoms with Crippen LogP contribution in [0.3, 0.4) is 0 Å². The average Bonchev–Trinajstić information content (AvgIpc) is 2.40. The molecule has 0 bridgehead atoms. The Morgan fingerprint density at radius 1 is 1.00 bits per heavy atom. The van der Waals surface area contributed by atoms with Crippen molar-refractivity contribution in [3.63, 3.8) is 0 Å². The predicted octanol–water partition coefficient (Wildman–Crippen LogP) is 3.42. The molecule has 0 aromatic heterocycles. The monoisotopic (exact) mass is 252 g/mol. The molecule has 2 aliphatic rings. The maximum atomic E-state index is 3.37. The van der Waals surface area contributed by atoms with Crippen LogP contribution in [0.1, 0.15) is 65.2 Å². The van der Waals surface area contributed by atoms with Crippen LogP contribution < -0.4 is 5.32 Å². The molecule has 1 heterocycles. The number of rotatable bonds is 4. The van der Waals surface area contributed by atoms with Crippen LogP contribution in [-0.4, -0.2) is 37.1 Å². The summed E-state index contributed by atoms with van der Waals surface area (Å²) in [5.41, 5.74) is 0.753. The van der Waals surface area contributed by atoms with Crippen molar-refractivity contribution < 1.29 is 0 Å². The van der Waals surface area contributed by atoms with E-state index in [1.54, 1.807) is 0 Å². The largest absolute Gasteiger partial charge is 0.317 e. The molecule has 0 amide bonds. The van der Waals surface area contributed by atoms with Crippen LogP contribution in [0.25, 0.3) is 0 Å². The molecule has 1 saturated carbocycles. The first kappa shape index (κ1) is 14.3. The number of nitrogens with zero attached hydrogens (tertiary/aromatic N) is 1. The molecule has 0 radical (unpaired) electrons. The van der Waals surface area contributed by atoms with E-state index in [1.165, 1.54) is 64.5 Å². The third kappa shape index (κ3) is 3.48. The molecule has 106 valence electrons. The van der Waals surface area contributed by atoms with Crippen molar-refractivity contribution in [2.75, 3.05) is 20.1 Å². The van der Waals surface area contributed by atoms with E-state index in [4.69, 9.17) is 0 Å². The molecule has 2 rings (SSSR count). The lowest BCUT2D eigenvalue weighted by Crippen LogP contribution is -2.46. The number of piperidine rings is 1. The van der Waals surface area contributed by atoms with E-state index in [2.05, 4.69) is 31.1 Å². The summed E-state index contributed by atoms with van der Waals surface area (Å²) in [5.74, 6) is 0. The fraction of sp³-hybridized carbons (Fsp3) is 1.00. The Balaban J connectivity index is 1.78. The Labute approximate surface area is 114 Å². The Morgan fingerprint density at radius 2 is 1.61 bits per heavy atom. The van der Waals surface area contributed by atoms with Crippen LogP contribution in [0.4, 0.5) is 0 Å². The van der Waals surface area contributed by atoms with Crippen LogP contribution in [0.5, 0.6) is 0 Å². The van der Waals surface area contributed by atoms with Crippen molar-refractivity contribution in [3.05, 3.63) is 0 Å². The van der Waals surface area contributed by atoms with Gasteiger partial charge in [0.1, 0.15) is 0 Å². The topological polar surface area (TPSA) is 15.3 Å². The van der Waals surface area contributed by atoms with Crippen molar-refractivity contribution in [1.82, 2.24) is 10.2 Å². The maximum absolute atomic E-state index is 3.37. The van der Waals surface area contributed by atoms with Crippen molar-refractivity contribution in [1.29, 1.82) is 0 Å². The van der Waals surface area contributed by atoms with Gasteiger partial charge in [0.25, 0.3) is 0 Å². The van der Waals surface area contributed by atoms with E-state index in [0.29, 0.717) is 6.04 Å². The SMILES string of the molecule is CNC(C)CC(C)N1CCC2(CCCCC2)CC1. The normalized spacial score (nSPS) is 28.2. The van der Waals surface area contributed by atoms with Gasteiger partial charge in [0.2, 0.25) is 0 Å². The number of hydrogen-bond donors (Lipinski definition) is 1.